The van der Waals surface area contributed by atoms with E-state index in [-0.39, 0.29) is 21.9 Å². The highest BCUT2D eigenvalue weighted by Crippen LogP contribution is 2.43. The number of carbonyl (C=O) groups is 2. The number of pyridine rings is 1. The minimum absolute atomic E-state index is 0.151. The molecule has 1 fully saturated rings. The van der Waals surface area contributed by atoms with Crippen LogP contribution in [0.3, 0.4) is 0 Å². The van der Waals surface area contributed by atoms with Crippen LogP contribution in [0.2, 0.25) is 5.02 Å². The van der Waals surface area contributed by atoms with Gasteiger partial charge in [0.25, 0.3) is 11.7 Å². The van der Waals surface area contributed by atoms with Crippen molar-refractivity contribution in [3.05, 3.63) is 94.3 Å². The highest BCUT2D eigenvalue weighted by molar-refractivity contribution is 6.51. The SMILES string of the molecule is COc1cc(/C(O)=C2\C(=O)C(=O)N(c3cc(F)ccc3F)C2c2cccnc2)ccc1Cl. The molecular formula is C23H15ClF2N2O4. The lowest BCUT2D eigenvalue weighted by molar-refractivity contribution is -0.132. The van der Waals surface area contributed by atoms with Crippen LogP contribution in [-0.2, 0) is 9.59 Å². The van der Waals surface area contributed by atoms with Crippen LogP contribution >= 0.6 is 11.6 Å². The molecule has 162 valence electrons. The highest BCUT2D eigenvalue weighted by atomic mass is 35.5. The summed E-state index contributed by atoms with van der Waals surface area (Å²) in [6.45, 7) is 0. The molecule has 1 unspecified atom stereocenters. The normalized spacial score (nSPS) is 17.6. The van der Waals surface area contributed by atoms with Gasteiger partial charge in [-0.3, -0.25) is 19.5 Å². The Kier molecular flexibility index (Phi) is 5.63. The van der Waals surface area contributed by atoms with Crippen LogP contribution < -0.4 is 9.64 Å². The topological polar surface area (TPSA) is 79.7 Å². The second-order valence-electron chi connectivity index (χ2n) is 6.90. The molecule has 1 aromatic heterocycles. The molecule has 1 atom stereocenters. The Morgan fingerprint density at radius 2 is 1.94 bits per heavy atom. The number of aromatic nitrogens is 1. The summed E-state index contributed by atoms with van der Waals surface area (Å²) >= 11 is 6.04. The second kappa shape index (κ2) is 8.39. The quantitative estimate of drug-likeness (QED) is 0.351. The number of Topliss-reactive ketones (excluding diaryl/α,β-unsaturated/α-hetero) is 1. The van der Waals surface area contributed by atoms with E-state index in [0.717, 1.165) is 23.1 Å². The van der Waals surface area contributed by atoms with E-state index in [9.17, 15) is 23.5 Å². The fourth-order valence-electron chi connectivity index (χ4n) is 3.57. The Hall–Kier alpha value is -3.78. The van der Waals surface area contributed by atoms with Crippen molar-refractivity contribution in [3.63, 3.8) is 0 Å². The maximum Gasteiger partial charge on any atom is 0.300 e. The first-order valence-corrected chi connectivity index (χ1v) is 9.71. The first kappa shape index (κ1) is 21.5. The van der Waals surface area contributed by atoms with Gasteiger partial charge in [-0.15, -0.1) is 0 Å². The molecule has 1 saturated heterocycles. The van der Waals surface area contributed by atoms with Gasteiger partial charge < -0.3 is 9.84 Å². The number of aliphatic hydroxyl groups excluding tert-OH is 1. The molecule has 9 heteroatoms. The predicted octanol–water partition coefficient (Wildman–Crippen LogP) is 4.65. The van der Waals surface area contributed by atoms with Crippen LogP contribution in [0.1, 0.15) is 17.2 Å². The summed E-state index contributed by atoms with van der Waals surface area (Å²) in [5, 5.41) is 11.3. The third-order valence-corrected chi connectivity index (χ3v) is 5.35. The average molecular weight is 457 g/mol. The van der Waals surface area contributed by atoms with Gasteiger partial charge in [0.2, 0.25) is 0 Å². The number of ether oxygens (including phenoxy) is 1. The van der Waals surface area contributed by atoms with Gasteiger partial charge >= 0.3 is 0 Å². The highest BCUT2D eigenvalue weighted by Gasteiger charge is 2.48. The van der Waals surface area contributed by atoms with Crippen molar-refractivity contribution in [2.75, 3.05) is 12.0 Å². The molecule has 0 aliphatic carbocycles. The molecule has 0 radical (unpaired) electrons. The Labute approximate surface area is 186 Å². The number of methoxy groups -OCH3 is 1. The maximum atomic E-state index is 14.6. The first-order chi connectivity index (χ1) is 15.3. The lowest BCUT2D eigenvalue weighted by Gasteiger charge is -2.25. The summed E-state index contributed by atoms with van der Waals surface area (Å²) < 4.78 is 33.7. The van der Waals surface area contributed by atoms with Gasteiger partial charge in [0.1, 0.15) is 23.1 Å². The van der Waals surface area contributed by atoms with Gasteiger partial charge in [0.05, 0.1) is 29.4 Å². The van der Waals surface area contributed by atoms with Crippen LogP contribution in [0.4, 0.5) is 14.5 Å². The van der Waals surface area contributed by atoms with Crippen LogP contribution in [0.5, 0.6) is 5.75 Å². The van der Waals surface area contributed by atoms with Crippen molar-refractivity contribution >= 4 is 34.7 Å². The number of rotatable bonds is 4. The molecule has 1 aliphatic heterocycles. The Bertz CT molecular complexity index is 1260. The zero-order valence-electron chi connectivity index (χ0n) is 16.6. The van der Waals surface area contributed by atoms with Crippen LogP contribution in [0, 0.1) is 11.6 Å². The van der Waals surface area contributed by atoms with Gasteiger partial charge in [-0.1, -0.05) is 17.7 Å². The number of ketones is 1. The van der Waals surface area contributed by atoms with E-state index in [4.69, 9.17) is 16.3 Å². The van der Waals surface area contributed by atoms with Crippen molar-refractivity contribution in [2.24, 2.45) is 0 Å². The Morgan fingerprint density at radius 1 is 1.16 bits per heavy atom. The number of hydrogen-bond donors (Lipinski definition) is 1. The van der Waals surface area contributed by atoms with E-state index in [0.29, 0.717) is 5.56 Å². The molecule has 1 N–H and O–H groups in total. The van der Waals surface area contributed by atoms with E-state index in [2.05, 4.69) is 4.98 Å². The largest absolute Gasteiger partial charge is 0.507 e. The molecule has 0 bridgehead atoms. The number of anilines is 1. The molecule has 0 spiro atoms. The molecule has 3 aromatic rings. The molecule has 0 saturated carbocycles. The number of benzene rings is 2. The van der Waals surface area contributed by atoms with Crippen molar-refractivity contribution in [2.45, 2.75) is 6.04 Å². The lowest BCUT2D eigenvalue weighted by Crippen LogP contribution is -2.30. The minimum Gasteiger partial charge on any atom is -0.507 e. The van der Waals surface area contributed by atoms with Crippen LogP contribution in [-0.4, -0.2) is 28.9 Å². The third kappa shape index (κ3) is 3.58. The molecule has 2 heterocycles. The molecule has 4 rings (SSSR count). The van der Waals surface area contributed by atoms with E-state index < -0.39 is 40.8 Å². The summed E-state index contributed by atoms with van der Waals surface area (Å²) in [7, 11) is 1.38. The summed E-state index contributed by atoms with van der Waals surface area (Å²) in [6, 6.07) is 8.73. The summed E-state index contributed by atoms with van der Waals surface area (Å²) in [4.78, 5) is 30.8. The van der Waals surface area contributed by atoms with E-state index in [1.807, 2.05) is 0 Å². The molecule has 1 amide bonds. The number of hydrogen-bond acceptors (Lipinski definition) is 5. The maximum absolute atomic E-state index is 14.6. The number of carbonyl (C=O) groups excluding carboxylic acids is 2. The van der Waals surface area contributed by atoms with E-state index in [1.165, 1.54) is 37.7 Å². The monoisotopic (exact) mass is 456 g/mol. The summed E-state index contributed by atoms with van der Waals surface area (Å²) in [5.74, 6) is -4.17. The average Bonchev–Trinajstić information content (AvgIpc) is 3.06. The third-order valence-electron chi connectivity index (χ3n) is 5.04. The van der Waals surface area contributed by atoms with Gasteiger partial charge in [-0.05, 0) is 42.0 Å². The molecule has 32 heavy (non-hydrogen) atoms. The molecule has 6 nitrogen and oxygen atoms in total. The number of nitrogens with zero attached hydrogens (tertiary/aromatic N) is 2. The number of amides is 1. The lowest BCUT2D eigenvalue weighted by atomic mass is 9.96. The van der Waals surface area contributed by atoms with Gasteiger partial charge in [-0.25, -0.2) is 8.78 Å². The van der Waals surface area contributed by atoms with Crippen molar-refractivity contribution < 1.29 is 28.2 Å². The second-order valence-corrected chi connectivity index (χ2v) is 7.31. The fraction of sp³-hybridized carbons (Fsp3) is 0.0870. The first-order valence-electron chi connectivity index (χ1n) is 9.33. The summed E-state index contributed by atoms with van der Waals surface area (Å²) in [5.41, 5.74) is -0.277. The van der Waals surface area contributed by atoms with Crippen molar-refractivity contribution in [3.8, 4) is 5.75 Å². The standard InChI is InChI=1S/C23H15ClF2N2O4/c1-32-18-9-12(4-6-15(18)24)21(29)19-20(13-3-2-8-27-11-13)28(23(31)22(19)30)17-10-14(25)5-7-16(17)26/h2-11,20,29H,1H3/b21-19+. The predicted molar refractivity (Wildman–Crippen MR) is 113 cm³/mol. The zero-order valence-corrected chi connectivity index (χ0v) is 17.3. The van der Waals surface area contributed by atoms with Crippen LogP contribution in [0.15, 0.2) is 66.5 Å². The minimum atomic E-state index is -1.25. The van der Waals surface area contributed by atoms with E-state index in [1.54, 1.807) is 12.1 Å². The number of aliphatic hydroxyl groups is 1. The smallest absolute Gasteiger partial charge is 0.300 e. The number of halogens is 3. The zero-order chi connectivity index (χ0) is 23.0. The van der Waals surface area contributed by atoms with Gasteiger partial charge in [0.15, 0.2) is 0 Å². The fourth-order valence-corrected chi connectivity index (χ4v) is 3.76. The molecule has 1 aliphatic rings. The van der Waals surface area contributed by atoms with Gasteiger partial charge in [-0.2, -0.15) is 0 Å². The van der Waals surface area contributed by atoms with Gasteiger partial charge in [0, 0.05) is 24.0 Å². The Balaban J connectivity index is 1.97. The van der Waals surface area contributed by atoms with E-state index >= 15 is 0 Å². The molecule has 2 aromatic carbocycles. The van der Waals surface area contributed by atoms with Crippen molar-refractivity contribution in [1.82, 2.24) is 4.98 Å². The Morgan fingerprint density at radius 3 is 2.62 bits per heavy atom. The summed E-state index contributed by atoms with van der Waals surface area (Å²) in [6.07, 6.45) is 2.85. The van der Waals surface area contributed by atoms with Crippen LogP contribution in [0.25, 0.3) is 5.76 Å². The van der Waals surface area contributed by atoms with Crippen molar-refractivity contribution in [1.29, 1.82) is 0 Å². The molecular weight excluding hydrogens is 442 g/mol.